The van der Waals surface area contributed by atoms with E-state index in [1.165, 1.54) is 12.3 Å². The number of benzene rings is 1. The smallest absolute Gasteiger partial charge is 0.305 e. The molecule has 2 rings (SSSR count). The highest BCUT2D eigenvalue weighted by Crippen LogP contribution is 2.26. The van der Waals surface area contributed by atoms with E-state index in [9.17, 15) is 28.5 Å². The van der Waals surface area contributed by atoms with Gasteiger partial charge in [-0.15, -0.1) is 0 Å². The summed E-state index contributed by atoms with van der Waals surface area (Å²) in [5.74, 6) is -1.99. The molecular formula is C15H14F2N4O6. The minimum Gasteiger partial charge on any atom is -0.487 e. The Morgan fingerprint density at radius 2 is 2.11 bits per heavy atom. The van der Waals surface area contributed by atoms with Crippen LogP contribution < -0.4 is 10.1 Å². The third-order valence-electron chi connectivity index (χ3n) is 3.22. The summed E-state index contributed by atoms with van der Waals surface area (Å²) in [6.07, 6.45) is -1.74. The number of nitrogens with one attached hydrogen (secondary N) is 1. The van der Waals surface area contributed by atoms with E-state index in [2.05, 4.69) is 10.4 Å². The van der Waals surface area contributed by atoms with Crippen molar-refractivity contribution in [3.63, 3.8) is 0 Å². The molecule has 0 aliphatic heterocycles. The molecule has 0 saturated heterocycles. The molecule has 10 nitrogen and oxygen atoms in total. The van der Waals surface area contributed by atoms with Crippen LogP contribution in [0.2, 0.25) is 0 Å². The van der Waals surface area contributed by atoms with Crippen molar-refractivity contribution in [3.8, 4) is 5.75 Å². The number of aryl methyl sites for hydroxylation is 1. The van der Waals surface area contributed by atoms with Crippen LogP contribution in [-0.2, 0) is 11.3 Å². The van der Waals surface area contributed by atoms with Gasteiger partial charge >= 0.3 is 5.97 Å². The second-order valence-electron chi connectivity index (χ2n) is 5.21. The Balaban J connectivity index is 2.20. The molecule has 0 atom stereocenters. The molecule has 2 aromatic rings. The number of carboxylic acids is 1. The van der Waals surface area contributed by atoms with Gasteiger partial charge in [-0.1, -0.05) is 0 Å². The molecule has 1 heterocycles. The summed E-state index contributed by atoms with van der Waals surface area (Å²) in [6, 6.07) is 4.48. The number of anilines is 1. The van der Waals surface area contributed by atoms with Crippen LogP contribution in [0.1, 0.15) is 16.9 Å². The maximum absolute atomic E-state index is 12.3. The standard InChI is InChI=1S/C15H14F2N4O6/c16-13(17)8-27-11-6-9(5-10(7-11)21(25)26)19-15(24)12-1-3-18-20(12)4-2-14(22)23/h1,3,5-7,13H,2,4,8H2,(H,19,24)(H,22,23). The minimum absolute atomic E-state index is 0.0257. The molecule has 27 heavy (non-hydrogen) atoms. The number of nitro groups is 1. The first-order valence-corrected chi connectivity index (χ1v) is 7.51. The highest BCUT2D eigenvalue weighted by Gasteiger charge is 2.17. The highest BCUT2D eigenvalue weighted by molar-refractivity contribution is 6.03. The minimum atomic E-state index is -2.77. The third-order valence-corrected chi connectivity index (χ3v) is 3.22. The summed E-state index contributed by atoms with van der Waals surface area (Å²) >= 11 is 0. The highest BCUT2D eigenvalue weighted by atomic mass is 19.3. The fourth-order valence-electron chi connectivity index (χ4n) is 2.10. The van der Waals surface area contributed by atoms with Crippen molar-refractivity contribution in [2.75, 3.05) is 11.9 Å². The van der Waals surface area contributed by atoms with Crippen molar-refractivity contribution in [2.45, 2.75) is 19.4 Å². The van der Waals surface area contributed by atoms with Gasteiger partial charge in [0.25, 0.3) is 18.0 Å². The maximum atomic E-state index is 12.3. The van der Waals surface area contributed by atoms with Gasteiger partial charge in [0.05, 0.1) is 29.6 Å². The molecule has 1 aromatic heterocycles. The molecule has 2 N–H and O–H groups in total. The number of nitro benzene ring substituents is 1. The number of amides is 1. The Labute approximate surface area is 150 Å². The van der Waals surface area contributed by atoms with Crippen molar-refractivity contribution in [2.24, 2.45) is 0 Å². The number of nitrogens with zero attached hydrogens (tertiary/aromatic N) is 3. The van der Waals surface area contributed by atoms with Crippen LogP contribution >= 0.6 is 0 Å². The first-order valence-electron chi connectivity index (χ1n) is 7.51. The number of non-ortho nitro benzene ring substituents is 1. The van der Waals surface area contributed by atoms with Gasteiger partial charge in [0.2, 0.25) is 0 Å². The van der Waals surface area contributed by atoms with Crippen LogP contribution in [0.3, 0.4) is 0 Å². The fraction of sp³-hybridized carbons (Fsp3) is 0.267. The van der Waals surface area contributed by atoms with E-state index in [1.54, 1.807) is 0 Å². The van der Waals surface area contributed by atoms with E-state index in [1.807, 2.05) is 0 Å². The predicted molar refractivity (Wildman–Crippen MR) is 87.0 cm³/mol. The maximum Gasteiger partial charge on any atom is 0.305 e. The summed E-state index contributed by atoms with van der Waals surface area (Å²) in [4.78, 5) is 33.2. The second-order valence-corrected chi connectivity index (χ2v) is 5.21. The van der Waals surface area contributed by atoms with E-state index in [0.29, 0.717) is 0 Å². The van der Waals surface area contributed by atoms with Gasteiger partial charge in [-0.3, -0.25) is 24.4 Å². The number of alkyl halides is 2. The molecule has 1 amide bonds. The normalized spacial score (nSPS) is 10.6. The number of aliphatic carboxylic acids is 1. The second kappa shape index (κ2) is 8.69. The van der Waals surface area contributed by atoms with Crippen LogP contribution in [0, 0.1) is 10.1 Å². The van der Waals surface area contributed by atoms with E-state index in [4.69, 9.17) is 9.84 Å². The number of carbonyl (C=O) groups excluding carboxylic acids is 1. The van der Waals surface area contributed by atoms with Crippen molar-refractivity contribution in [1.29, 1.82) is 0 Å². The van der Waals surface area contributed by atoms with Gasteiger partial charge in [-0.2, -0.15) is 5.10 Å². The molecule has 0 unspecified atom stereocenters. The van der Waals surface area contributed by atoms with Crippen molar-refractivity contribution in [1.82, 2.24) is 9.78 Å². The summed E-state index contributed by atoms with van der Waals surface area (Å²) in [5.41, 5.74) is -0.487. The van der Waals surface area contributed by atoms with Crippen molar-refractivity contribution < 1.29 is 33.1 Å². The Bertz CT molecular complexity index is 855. The number of halogens is 2. The Hall–Kier alpha value is -3.57. The van der Waals surface area contributed by atoms with Crippen LogP contribution in [-0.4, -0.2) is 44.7 Å². The zero-order valence-electron chi connectivity index (χ0n) is 13.7. The first-order chi connectivity index (χ1) is 12.8. The van der Waals surface area contributed by atoms with Crippen molar-refractivity contribution >= 4 is 23.3 Å². The topological polar surface area (TPSA) is 137 Å². The van der Waals surface area contributed by atoms with E-state index >= 15 is 0 Å². The Morgan fingerprint density at radius 1 is 1.37 bits per heavy atom. The zero-order chi connectivity index (χ0) is 20.0. The molecule has 0 fully saturated rings. The lowest BCUT2D eigenvalue weighted by Crippen LogP contribution is -2.19. The number of carbonyl (C=O) groups is 2. The summed E-state index contributed by atoms with van der Waals surface area (Å²) in [5, 5.41) is 25.9. The van der Waals surface area contributed by atoms with E-state index < -0.39 is 35.5 Å². The Kier molecular flexibility index (Phi) is 6.36. The van der Waals surface area contributed by atoms with Crippen LogP contribution in [0.15, 0.2) is 30.5 Å². The summed E-state index contributed by atoms with van der Waals surface area (Å²) < 4.78 is 30.5. The van der Waals surface area contributed by atoms with Gasteiger partial charge < -0.3 is 15.2 Å². The average Bonchev–Trinajstić information content (AvgIpc) is 3.06. The van der Waals surface area contributed by atoms with E-state index in [-0.39, 0.29) is 30.1 Å². The first kappa shape index (κ1) is 19.8. The van der Waals surface area contributed by atoms with Gasteiger partial charge in [0, 0.05) is 18.3 Å². The van der Waals surface area contributed by atoms with Crippen molar-refractivity contribution in [3.05, 3.63) is 46.3 Å². The van der Waals surface area contributed by atoms with Gasteiger partial charge in [0.1, 0.15) is 18.1 Å². The number of hydrogen-bond donors (Lipinski definition) is 2. The average molecular weight is 384 g/mol. The SMILES string of the molecule is O=C(O)CCn1nccc1C(=O)Nc1cc(OCC(F)F)cc([N+](=O)[O-])c1. The number of rotatable bonds is 9. The van der Waals surface area contributed by atoms with Gasteiger partial charge in [0.15, 0.2) is 0 Å². The van der Waals surface area contributed by atoms with Crippen LogP contribution in [0.4, 0.5) is 20.2 Å². The van der Waals surface area contributed by atoms with Crippen LogP contribution in [0.5, 0.6) is 5.75 Å². The summed E-state index contributed by atoms with van der Waals surface area (Å²) in [7, 11) is 0. The molecule has 0 aliphatic rings. The molecular weight excluding hydrogens is 370 g/mol. The fourth-order valence-corrected chi connectivity index (χ4v) is 2.10. The number of carboxylic acid groups (broad SMARTS) is 1. The quantitative estimate of drug-likeness (QED) is 0.499. The number of ether oxygens (including phenoxy) is 1. The lowest BCUT2D eigenvalue weighted by molar-refractivity contribution is -0.384. The molecule has 12 heteroatoms. The number of hydrogen-bond acceptors (Lipinski definition) is 6. The van der Waals surface area contributed by atoms with Crippen LogP contribution in [0.25, 0.3) is 0 Å². The predicted octanol–water partition coefficient (Wildman–Crippen LogP) is 2.16. The largest absolute Gasteiger partial charge is 0.487 e. The molecule has 144 valence electrons. The molecule has 0 saturated carbocycles. The third kappa shape index (κ3) is 5.73. The monoisotopic (exact) mass is 384 g/mol. The molecule has 0 aliphatic carbocycles. The summed E-state index contributed by atoms with van der Waals surface area (Å²) in [6.45, 7) is -1.01. The molecule has 1 aromatic carbocycles. The molecule has 0 spiro atoms. The zero-order valence-corrected chi connectivity index (χ0v) is 13.7. The lowest BCUT2D eigenvalue weighted by atomic mass is 10.2. The molecule has 0 bridgehead atoms. The Morgan fingerprint density at radius 3 is 2.74 bits per heavy atom. The van der Waals surface area contributed by atoms with Gasteiger partial charge in [-0.25, -0.2) is 8.78 Å². The van der Waals surface area contributed by atoms with Gasteiger partial charge in [-0.05, 0) is 6.07 Å². The van der Waals surface area contributed by atoms with E-state index in [0.717, 1.165) is 22.9 Å². The lowest BCUT2D eigenvalue weighted by Gasteiger charge is -2.10. The number of aromatic nitrogens is 2. The molecule has 0 radical (unpaired) electrons.